The molecule has 0 spiro atoms. The molecule has 108 valence electrons. The topological polar surface area (TPSA) is 61.6 Å². The second-order valence-corrected chi connectivity index (χ2v) is 6.46. The number of nitrogens with one attached hydrogen (secondary N) is 1. The average molecular weight is 298 g/mol. The fraction of sp³-hybridized carbons (Fsp3) is 0.438. The van der Waals surface area contributed by atoms with E-state index in [1.807, 2.05) is 12.1 Å². The Labute approximate surface area is 128 Å². The second-order valence-electron chi connectivity index (χ2n) is 5.38. The Morgan fingerprint density at radius 3 is 2.81 bits per heavy atom. The van der Waals surface area contributed by atoms with Crippen LogP contribution in [0.5, 0.6) is 0 Å². The molecule has 1 fully saturated rings. The van der Waals surface area contributed by atoms with E-state index in [0.29, 0.717) is 5.92 Å². The van der Waals surface area contributed by atoms with Gasteiger partial charge in [0.25, 0.3) is 0 Å². The van der Waals surface area contributed by atoms with Crippen molar-refractivity contribution < 1.29 is 0 Å². The van der Waals surface area contributed by atoms with E-state index < -0.39 is 0 Å². The van der Waals surface area contributed by atoms with Crippen LogP contribution in [0.15, 0.2) is 12.1 Å². The van der Waals surface area contributed by atoms with E-state index in [2.05, 4.69) is 25.2 Å². The largest absolute Gasteiger partial charge is 0.370 e. The highest BCUT2D eigenvalue weighted by atomic mass is 32.1. The summed E-state index contributed by atoms with van der Waals surface area (Å²) in [6.45, 7) is 5.11. The first kappa shape index (κ1) is 14.0. The van der Waals surface area contributed by atoms with Gasteiger partial charge in [0.15, 0.2) is 0 Å². The van der Waals surface area contributed by atoms with Gasteiger partial charge in [-0.3, -0.25) is 0 Å². The molecule has 1 saturated carbocycles. The molecule has 0 bridgehead atoms. The molecule has 0 radical (unpaired) electrons. The first-order valence-electron chi connectivity index (χ1n) is 7.35. The molecule has 2 aromatic heterocycles. The summed E-state index contributed by atoms with van der Waals surface area (Å²) in [5.74, 6) is 2.40. The second kappa shape index (κ2) is 5.82. The minimum atomic E-state index is 0.516. The summed E-state index contributed by atoms with van der Waals surface area (Å²) in [6.07, 6.45) is 3.43. The summed E-state index contributed by atoms with van der Waals surface area (Å²) in [4.78, 5) is 11.2. The lowest BCUT2D eigenvalue weighted by molar-refractivity contribution is 0.903. The summed E-state index contributed by atoms with van der Waals surface area (Å²) in [6, 6.07) is 6.04. The summed E-state index contributed by atoms with van der Waals surface area (Å²) < 4.78 is 0. The van der Waals surface area contributed by atoms with Gasteiger partial charge in [-0.15, -0.1) is 11.3 Å². The highest BCUT2D eigenvalue weighted by molar-refractivity contribution is 7.16. The van der Waals surface area contributed by atoms with E-state index >= 15 is 0 Å². The van der Waals surface area contributed by atoms with E-state index in [0.717, 1.165) is 45.6 Å². The number of nitrogens with zero attached hydrogens (tertiary/aromatic N) is 3. The summed E-state index contributed by atoms with van der Waals surface area (Å²) in [5, 5.41) is 12.4. The van der Waals surface area contributed by atoms with Gasteiger partial charge in [-0.1, -0.05) is 6.92 Å². The van der Waals surface area contributed by atoms with E-state index in [-0.39, 0.29) is 0 Å². The Morgan fingerprint density at radius 1 is 1.38 bits per heavy atom. The molecule has 3 rings (SSSR count). The normalized spacial score (nSPS) is 14.0. The lowest BCUT2D eigenvalue weighted by atomic mass is 10.2. The fourth-order valence-corrected chi connectivity index (χ4v) is 3.09. The molecule has 2 heterocycles. The van der Waals surface area contributed by atoms with Crippen molar-refractivity contribution in [3.63, 3.8) is 0 Å². The molecule has 2 aromatic rings. The van der Waals surface area contributed by atoms with Crippen LogP contribution in [0.4, 0.5) is 5.82 Å². The van der Waals surface area contributed by atoms with Gasteiger partial charge in [0.1, 0.15) is 22.6 Å². The van der Waals surface area contributed by atoms with Crippen molar-refractivity contribution in [2.45, 2.75) is 39.0 Å². The molecule has 1 aliphatic rings. The Balaban J connectivity index is 2.05. The van der Waals surface area contributed by atoms with E-state index in [1.54, 1.807) is 0 Å². The summed E-state index contributed by atoms with van der Waals surface area (Å²) in [5.41, 5.74) is 2.04. The first-order chi connectivity index (χ1) is 10.2. The van der Waals surface area contributed by atoms with Gasteiger partial charge in [0.05, 0.1) is 10.6 Å². The summed E-state index contributed by atoms with van der Waals surface area (Å²) in [7, 11) is 0. The third-order valence-corrected chi connectivity index (χ3v) is 4.59. The number of anilines is 1. The molecule has 5 heteroatoms. The Hall–Kier alpha value is -1.93. The van der Waals surface area contributed by atoms with Crippen LogP contribution in [-0.2, 0) is 0 Å². The van der Waals surface area contributed by atoms with Crippen molar-refractivity contribution in [1.29, 1.82) is 5.26 Å². The van der Waals surface area contributed by atoms with Crippen molar-refractivity contribution in [2.75, 3.05) is 11.9 Å². The Morgan fingerprint density at radius 2 is 2.19 bits per heavy atom. The van der Waals surface area contributed by atoms with Crippen LogP contribution >= 0.6 is 11.3 Å². The van der Waals surface area contributed by atoms with Crippen molar-refractivity contribution in [1.82, 2.24) is 9.97 Å². The third kappa shape index (κ3) is 2.91. The van der Waals surface area contributed by atoms with Gasteiger partial charge in [-0.25, -0.2) is 9.97 Å². The zero-order valence-corrected chi connectivity index (χ0v) is 13.1. The molecule has 0 amide bonds. The molecule has 0 saturated heterocycles. The number of hydrogen-bond donors (Lipinski definition) is 1. The average Bonchev–Trinajstić information content (AvgIpc) is 3.24. The van der Waals surface area contributed by atoms with Crippen LogP contribution in [0.1, 0.15) is 48.4 Å². The minimum absolute atomic E-state index is 0.516. The molecule has 21 heavy (non-hydrogen) atoms. The Bertz CT molecular complexity index is 695. The maximum Gasteiger partial charge on any atom is 0.134 e. The SMILES string of the molecule is CCCNc1nc(C2CC2)nc(-c2ccc(C#N)s2)c1C. The minimum Gasteiger partial charge on any atom is -0.370 e. The monoisotopic (exact) mass is 298 g/mol. The summed E-state index contributed by atoms with van der Waals surface area (Å²) >= 11 is 1.49. The van der Waals surface area contributed by atoms with E-state index in [1.165, 1.54) is 24.2 Å². The molecule has 0 unspecified atom stereocenters. The van der Waals surface area contributed by atoms with Crippen LogP contribution in [0, 0.1) is 18.3 Å². The zero-order valence-electron chi connectivity index (χ0n) is 12.3. The quantitative estimate of drug-likeness (QED) is 0.903. The van der Waals surface area contributed by atoms with Crippen molar-refractivity contribution in [3.05, 3.63) is 28.4 Å². The molecule has 0 aliphatic heterocycles. The van der Waals surface area contributed by atoms with Gasteiger partial charge < -0.3 is 5.32 Å². The van der Waals surface area contributed by atoms with Crippen LogP contribution in [0.2, 0.25) is 0 Å². The molecule has 0 atom stereocenters. The number of thiophene rings is 1. The smallest absolute Gasteiger partial charge is 0.134 e. The molecule has 4 nitrogen and oxygen atoms in total. The fourth-order valence-electron chi connectivity index (χ4n) is 2.24. The standard InChI is InChI=1S/C16H18N4S/c1-3-8-18-15-10(2)14(13-7-6-12(9-17)21-13)19-16(20-15)11-4-5-11/h6-7,11H,3-5,8H2,1-2H3,(H,18,19,20). The predicted octanol–water partition coefficient (Wildman–Crippen LogP) is 4.08. The van der Waals surface area contributed by atoms with Crippen molar-refractivity contribution >= 4 is 17.2 Å². The lowest BCUT2D eigenvalue weighted by Gasteiger charge is -2.12. The molecule has 1 aliphatic carbocycles. The molecular weight excluding hydrogens is 280 g/mol. The maximum atomic E-state index is 9.01. The lowest BCUT2D eigenvalue weighted by Crippen LogP contribution is -2.08. The first-order valence-corrected chi connectivity index (χ1v) is 8.17. The van der Waals surface area contributed by atoms with Gasteiger partial charge in [-0.05, 0) is 38.3 Å². The van der Waals surface area contributed by atoms with Crippen LogP contribution in [0.3, 0.4) is 0 Å². The van der Waals surface area contributed by atoms with Crippen LogP contribution in [-0.4, -0.2) is 16.5 Å². The van der Waals surface area contributed by atoms with Crippen molar-refractivity contribution in [3.8, 4) is 16.6 Å². The highest BCUT2D eigenvalue weighted by Crippen LogP contribution is 2.40. The van der Waals surface area contributed by atoms with Gasteiger partial charge in [0, 0.05) is 18.0 Å². The third-order valence-electron chi connectivity index (χ3n) is 3.60. The number of rotatable bonds is 5. The van der Waals surface area contributed by atoms with Gasteiger partial charge in [-0.2, -0.15) is 5.26 Å². The van der Waals surface area contributed by atoms with E-state index in [4.69, 9.17) is 15.2 Å². The van der Waals surface area contributed by atoms with E-state index in [9.17, 15) is 0 Å². The number of nitriles is 1. The number of hydrogen-bond acceptors (Lipinski definition) is 5. The van der Waals surface area contributed by atoms with Crippen molar-refractivity contribution in [2.24, 2.45) is 0 Å². The molecule has 0 aromatic carbocycles. The van der Waals surface area contributed by atoms with Gasteiger partial charge in [0.2, 0.25) is 0 Å². The zero-order chi connectivity index (χ0) is 14.8. The highest BCUT2D eigenvalue weighted by Gasteiger charge is 2.28. The maximum absolute atomic E-state index is 9.01. The van der Waals surface area contributed by atoms with Crippen LogP contribution in [0.25, 0.3) is 10.6 Å². The predicted molar refractivity (Wildman–Crippen MR) is 85.6 cm³/mol. The van der Waals surface area contributed by atoms with Crippen LogP contribution < -0.4 is 5.32 Å². The van der Waals surface area contributed by atoms with Gasteiger partial charge >= 0.3 is 0 Å². The molecule has 1 N–H and O–H groups in total. The molecular formula is C16H18N4S. The Kier molecular flexibility index (Phi) is 3.89. The number of aromatic nitrogens is 2.